The van der Waals surface area contributed by atoms with Crippen LogP contribution in [0.5, 0.6) is 5.88 Å². The zero-order valence-corrected chi connectivity index (χ0v) is 7.44. The number of anilines is 1. The number of nitrogens with zero attached hydrogens (tertiary/aromatic N) is 2. The van der Waals surface area contributed by atoms with Gasteiger partial charge in [0.05, 0.1) is 7.11 Å². The molecule has 1 amide bonds. The van der Waals surface area contributed by atoms with Gasteiger partial charge < -0.3 is 15.2 Å². The van der Waals surface area contributed by atoms with E-state index in [9.17, 15) is 4.79 Å². The second-order valence-electron chi connectivity index (χ2n) is 2.40. The fourth-order valence-corrected chi connectivity index (χ4v) is 0.885. The van der Waals surface area contributed by atoms with Gasteiger partial charge >= 0.3 is 0 Å². The standard InChI is InChI=1S/C7H11N3O3/c1-10-7(13-2)3-5(9-10)8-6(12)4-11/h3,11H,4H2,1-2H3,(H,8,9,12). The van der Waals surface area contributed by atoms with Gasteiger partial charge in [0.2, 0.25) is 5.88 Å². The van der Waals surface area contributed by atoms with Crippen molar-refractivity contribution in [1.29, 1.82) is 0 Å². The van der Waals surface area contributed by atoms with Crippen LogP contribution in [-0.2, 0) is 11.8 Å². The normalized spacial score (nSPS) is 9.77. The van der Waals surface area contributed by atoms with Gasteiger partial charge in [-0.05, 0) is 0 Å². The third-order valence-corrected chi connectivity index (χ3v) is 1.46. The van der Waals surface area contributed by atoms with E-state index in [0.29, 0.717) is 11.7 Å². The summed E-state index contributed by atoms with van der Waals surface area (Å²) in [6.45, 7) is -0.557. The summed E-state index contributed by atoms with van der Waals surface area (Å²) in [7, 11) is 3.20. The number of nitrogens with one attached hydrogen (secondary N) is 1. The first-order chi connectivity index (χ1) is 6.17. The number of ether oxygens (including phenoxy) is 1. The number of aryl methyl sites for hydroxylation is 1. The first kappa shape index (κ1) is 9.53. The van der Waals surface area contributed by atoms with Crippen molar-refractivity contribution in [3.8, 4) is 5.88 Å². The van der Waals surface area contributed by atoms with E-state index in [1.54, 1.807) is 13.1 Å². The van der Waals surface area contributed by atoms with Crippen molar-refractivity contribution >= 4 is 11.7 Å². The highest BCUT2D eigenvalue weighted by atomic mass is 16.5. The third-order valence-electron chi connectivity index (χ3n) is 1.46. The molecule has 1 rings (SSSR count). The smallest absolute Gasteiger partial charge is 0.251 e. The van der Waals surface area contributed by atoms with Crippen LogP contribution in [0.15, 0.2) is 6.07 Å². The fourth-order valence-electron chi connectivity index (χ4n) is 0.885. The van der Waals surface area contributed by atoms with Crippen molar-refractivity contribution in [3.63, 3.8) is 0 Å². The van der Waals surface area contributed by atoms with Crippen LogP contribution in [0.1, 0.15) is 0 Å². The number of aliphatic hydroxyl groups is 1. The number of methoxy groups -OCH3 is 1. The van der Waals surface area contributed by atoms with Crippen LogP contribution in [0.25, 0.3) is 0 Å². The molecule has 6 nitrogen and oxygen atoms in total. The van der Waals surface area contributed by atoms with Crippen molar-refractivity contribution < 1.29 is 14.6 Å². The number of carbonyl (C=O) groups excluding carboxylic acids is 1. The summed E-state index contributed by atoms with van der Waals surface area (Å²) in [5, 5.41) is 14.8. The van der Waals surface area contributed by atoms with Gasteiger partial charge in [0, 0.05) is 13.1 Å². The molecule has 13 heavy (non-hydrogen) atoms. The van der Waals surface area contributed by atoms with Gasteiger partial charge in [0.15, 0.2) is 5.82 Å². The first-order valence-electron chi connectivity index (χ1n) is 3.66. The van der Waals surface area contributed by atoms with Crippen molar-refractivity contribution in [1.82, 2.24) is 9.78 Å². The quantitative estimate of drug-likeness (QED) is 0.656. The number of rotatable bonds is 3. The highest BCUT2D eigenvalue weighted by Crippen LogP contribution is 2.14. The lowest BCUT2D eigenvalue weighted by molar-refractivity contribution is -0.118. The Bertz CT molecular complexity index is 308. The highest BCUT2D eigenvalue weighted by molar-refractivity contribution is 5.90. The van der Waals surface area contributed by atoms with Crippen molar-refractivity contribution in [2.45, 2.75) is 0 Å². The van der Waals surface area contributed by atoms with Gasteiger partial charge in [0.25, 0.3) is 5.91 Å². The number of aliphatic hydroxyl groups excluding tert-OH is 1. The minimum Gasteiger partial charge on any atom is -0.481 e. The predicted molar refractivity (Wildman–Crippen MR) is 45.5 cm³/mol. The van der Waals surface area contributed by atoms with E-state index in [1.807, 2.05) is 0 Å². The molecule has 2 N–H and O–H groups in total. The fraction of sp³-hybridized carbons (Fsp3) is 0.429. The Labute approximate surface area is 75.1 Å². The molecule has 0 fully saturated rings. The van der Waals surface area contributed by atoms with Crippen LogP contribution in [0.3, 0.4) is 0 Å². The molecule has 1 aromatic heterocycles. The molecule has 72 valence electrons. The summed E-state index contributed by atoms with van der Waals surface area (Å²) in [5.74, 6) is 0.396. The second kappa shape index (κ2) is 3.90. The lowest BCUT2D eigenvalue weighted by Gasteiger charge is -1.95. The Kier molecular flexibility index (Phi) is 2.86. The number of aromatic nitrogens is 2. The topological polar surface area (TPSA) is 76.4 Å². The lowest BCUT2D eigenvalue weighted by atomic mass is 10.5. The molecule has 0 atom stereocenters. The van der Waals surface area contributed by atoms with Crippen LogP contribution in [0, 0.1) is 0 Å². The molecule has 0 saturated carbocycles. The number of amides is 1. The van der Waals surface area contributed by atoms with E-state index in [1.165, 1.54) is 11.8 Å². The van der Waals surface area contributed by atoms with E-state index >= 15 is 0 Å². The Morgan fingerprint density at radius 2 is 2.54 bits per heavy atom. The van der Waals surface area contributed by atoms with Gasteiger partial charge in [-0.3, -0.25) is 4.79 Å². The Balaban J connectivity index is 2.73. The maximum absolute atomic E-state index is 10.7. The van der Waals surface area contributed by atoms with Gasteiger partial charge in [0.1, 0.15) is 6.61 Å². The maximum atomic E-state index is 10.7. The Morgan fingerprint density at radius 1 is 1.85 bits per heavy atom. The molecule has 1 heterocycles. The minimum absolute atomic E-state index is 0.360. The summed E-state index contributed by atoms with van der Waals surface area (Å²) in [4.78, 5) is 10.7. The summed E-state index contributed by atoms with van der Waals surface area (Å²) in [5.41, 5.74) is 0. The van der Waals surface area contributed by atoms with E-state index in [2.05, 4.69) is 10.4 Å². The molecule has 0 aliphatic rings. The Hall–Kier alpha value is -1.56. The zero-order chi connectivity index (χ0) is 9.84. The first-order valence-corrected chi connectivity index (χ1v) is 3.66. The number of hydrogen-bond acceptors (Lipinski definition) is 4. The zero-order valence-electron chi connectivity index (χ0n) is 7.44. The largest absolute Gasteiger partial charge is 0.481 e. The summed E-state index contributed by atoms with van der Waals surface area (Å²) in [6.07, 6.45) is 0. The molecule has 1 aromatic rings. The van der Waals surface area contributed by atoms with Crippen LogP contribution >= 0.6 is 0 Å². The molecule has 0 radical (unpaired) electrons. The SMILES string of the molecule is COc1cc(NC(=O)CO)nn1C. The molecule has 0 bridgehead atoms. The average Bonchev–Trinajstić information content (AvgIpc) is 2.46. The molecule has 0 aliphatic carbocycles. The van der Waals surface area contributed by atoms with Crippen molar-refractivity contribution in [2.24, 2.45) is 7.05 Å². The van der Waals surface area contributed by atoms with Crippen molar-refractivity contribution in [2.75, 3.05) is 19.0 Å². The van der Waals surface area contributed by atoms with Crippen molar-refractivity contribution in [3.05, 3.63) is 6.07 Å². The van der Waals surface area contributed by atoms with Crippen LogP contribution < -0.4 is 10.1 Å². The monoisotopic (exact) mass is 185 g/mol. The molecular formula is C7H11N3O3. The number of hydrogen-bond donors (Lipinski definition) is 2. The second-order valence-corrected chi connectivity index (χ2v) is 2.40. The molecule has 6 heteroatoms. The third kappa shape index (κ3) is 2.19. The minimum atomic E-state index is -0.557. The van der Waals surface area contributed by atoms with Gasteiger partial charge in [-0.1, -0.05) is 0 Å². The molecule has 0 spiro atoms. The van der Waals surface area contributed by atoms with Crippen LogP contribution in [0.2, 0.25) is 0 Å². The average molecular weight is 185 g/mol. The molecular weight excluding hydrogens is 174 g/mol. The van der Waals surface area contributed by atoms with Crippen LogP contribution in [-0.4, -0.2) is 34.5 Å². The summed E-state index contributed by atoms with van der Waals surface area (Å²) in [6, 6.07) is 1.56. The molecule has 0 saturated heterocycles. The van der Waals surface area contributed by atoms with E-state index < -0.39 is 12.5 Å². The van der Waals surface area contributed by atoms with Gasteiger partial charge in [-0.2, -0.15) is 5.10 Å². The maximum Gasteiger partial charge on any atom is 0.251 e. The van der Waals surface area contributed by atoms with E-state index in [-0.39, 0.29) is 0 Å². The number of carbonyl (C=O) groups is 1. The van der Waals surface area contributed by atoms with E-state index in [4.69, 9.17) is 9.84 Å². The predicted octanol–water partition coefficient (Wildman–Crippen LogP) is -0.641. The van der Waals surface area contributed by atoms with Gasteiger partial charge in [-0.15, -0.1) is 0 Å². The van der Waals surface area contributed by atoms with E-state index in [0.717, 1.165) is 0 Å². The Morgan fingerprint density at radius 3 is 3.00 bits per heavy atom. The van der Waals surface area contributed by atoms with Crippen LogP contribution in [0.4, 0.5) is 5.82 Å². The summed E-state index contributed by atoms with van der Waals surface area (Å²) < 4.78 is 6.41. The molecule has 0 aromatic carbocycles. The van der Waals surface area contributed by atoms with Gasteiger partial charge in [-0.25, -0.2) is 4.68 Å². The highest BCUT2D eigenvalue weighted by Gasteiger charge is 2.06. The molecule has 0 aliphatic heterocycles. The molecule has 0 unspecified atom stereocenters. The summed E-state index contributed by atoms with van der Waals surface area (Å²) >= 11 is 0. The lowest BCUT2D eigenvalue weighted by Crippen LogP contribution is -2.15.